The summed E-state index contributed by atoms with van der Waals surface area (Å²) < 4.78 is 4.59. The molecule has 1 aliphatic rings. The predicted octanol–water partition coefficient (Wildman–Crippen LogP) is 4.66. The van der Waals surface area contributed by atoms with Gasteiger partial charge in [0.05, 0.1) is 13.2 Å². The Balaban J connectivity index is 2.84. The number of aliphatic hydroxyl groups excluding tert-OH is 1. The van der Waals surface area contributed by atoms with Crippen molar-refractivity contribution in [3.05, 3.63) is 58.7 Å². The first-order valence-corrected chi connectivity index (χ1v) is 8.36. The van der Waals surface area contributed by atoms with E-state index in [1.54, 1.807) is 0 Å². The Bertz CT molecular complexity index is 613. The summed E-state index contributed by atoms with van der Waals surface area (Å²) in [4.78, 5) is 11.1. The van der Waals surface area contributed by atoms with E-state index in [9.17, 15) is 9.90 Å². The van der Waals surface area contributed by atoms with Gasteiger partial charge in [-0.2, -0.15) is 0 Å². The maximum absolute atomic E-state index is 11.1. The van der Waals surface area contributed by atoms with Gasteiger partial charge in [0.25, 0.3) is 0 Å². The quantitative estimate of drug-likeness (QED) is 0.453. The number of esters is 1. The Kier molecular flexibility index (Phi) is 7.43. The molecule has 0 aromatic carbocycles. The molecule has 0 heterocycles. The number of ether oxygens (including phenoxy) is 1. The fourth-order valence-electron chi connectivity index (χ4n) is 2.83. The number of carbonyl (C=O) groups excluding carboxylic acids is 1. The highest BCUT2D eigenvalue weighted by atomic mass is 16.5. The summed E-state index contributed by atoms with van der Waals surface area (Å²) in [6.45, 7) is 10.4. The smallest absolute Gasteiger partial charge is 0.330 e. The molecule has 0 fully saturated rings. The van der Waals surface area contributed by atoms with Crippen LogP contribution in [0.2, 0.25) is 0 Å². The highest BCUT2D eigenvalue weighted by Crippen LogP contribution is 2.40. The van der Waals surface area contributed by atoms with Crippen molar-refractivity contribution >= 4 is 5.97 Å². The minimum atomic E-state index is -0.349. The van der Waals surface area contributed by atoms with Gasteiger partial charge in [0.1, 0.15) is 0 Å². The molecule has 1 unspecified atom stereocenters. The third-order valence-electron chi connectivity index (χ3n) is 4.47. The monoisotopic (exact) mass is 330 g/mol. The summed E-state index contributed by atoms with van der Waals surface area (Å²) in [5.74, 6) is -0.349. The largest absolute Gasteiger partial charge is 0.466 e. The average Bonchev–Trinajstić information content (AvgIpc) is 2.51. The van der Waals surface area contributed by atoms with E-state index < -0.39 is 0 Å². The van der Waals surface area contributed by atoms with Gasteiger partial charge in [-0.15, -0.1) is 0 Å². The molecule has 3 heteroatoms. The van der Waals surface area contributed by atoms with Gasteiger partial charge in [-0.25, -0.2) is 4.79 Å². The highest BCUT2D eigenvalue weighted by molar-refractivity contribution is 5.83. The van der Waals surface area contributed by atoms with Crippen molar-refractivity contribution in [2.75, 3.05) is 7.11 Å². The summed E-state index contributed by atoms with van der Waals surface area (Å²) >= 11 is 0. The highest BCUT2D eigenvalue weighted by Gasteiger charge is 2.30. The van der Waals surface area contributed by atoms with Crippen LogP contribution in [0.25, 0.3) is 0 Å². The minimum absolute atomic E-state index is 0.0930. The number of allylic oxidation sites excluding steroid dienone is 8. The SMILES string of the molecule is COC(=O)\C=C(C)/C=C/C=C(C)/C=C/C1=C(C)C(O)CCC1(C)C. The predicted molar refractivity (Wildman–Crippen MR) is 99.5 cm³/mol. The average molecular weight is 330 g/mol. The molecule has 1 rings (SSSR count). The van der Waals surface area contributed by atoms with Gasteiger partial charge in [0.15, 0.2) is 0 Å². The third-order valence-corrected chi connectivity index (χ3v) is 4.47. The first-order valence-electron chi connectivity index (χ1n) is 8.36. The van der Waals surface area contributed by atoms with E-state index >= 15 is 0 Å². The second-order valence-corrected chi connectivity index (χ2v) is 7.05. The lowest BCUT2D eigenvalue weighted by atomic mass is 9.71. The number of aliphatic hydroxyl groups is 1. The standard InChI is InChI=1S/C21H30O3/c1-15(8-7-9-16(2)14-20(23)24-6)10-11-18-17(3)19(22)12-13-21(18,4)5/h7-11,14,19,22H,12-13H2,1-6H3/b9-7+,11-10+,15-8+,16-14-. The van der Waals surface area contributed by atoms with Crippen LogP contribution in [0.1, 0.15) is 47.5 Å². The molecule has 1 aliphatic carbocycles. The normalized spacial score (nSPS) is 22.5. The second kappa shape index (κ2) is 8.84. The van der Waals surface area contributed by atoms with Crippen molar-refractivity contribution in [3.63, 3.8) is 0 Å². The summed E-state index contributed by atoms with van der Waals surface area (Å²) in [7, 11) is 1.37. The minimum Gasteiger partial charge on any atom is -0.466 e. The number of methoxy groups -OCH3 is 1. The first-order chi connectivity index (χ1) is 11.2. The van der Waals surface area contributed by atoms with Gasteiger partial charge >= 0.3 is 5.97 Å². The van der Waals surface area contributed by atoms with Crippen molar-refractivity contribution in [2.45, 2.75) is 53.6 Å². The third kappa shape index (κ3) is 5.97. The van der Waals surface area contributed by atoms with Gasteiger partial charge in [-0.1, -0.05) is 49.8 Å². The molecule has 0 aromatic rings. The van der Waals surface area contributed by atoms with Gasteiger partial charge in [0.2, 0.25) is 0 Å². The van der Waals surface area contributed by atoms with E-state index in [2.05, 4.69) is 30.7 Å². The molecule has 0 saturated carbocycles. The van der Waals surface area contributed by atoms with Crippen molar-refractivity contribution in [1.29, 1.82) is 0 Å². The van der Waals surface area contributed by atoms with Crippen LogP contribution in [0.3, 0.4) is 0 Å². The van der Waals surface area contributed by atoms with E-state index in [0.717, 1.165) is 29.6 Å². The van der Waals surface area contributed by atoms with Gasteiger partial charge in [-0.05, 0) is 55.7 Å². The van der Waals surface area contributed by atoms with Gasteiger partial charge in [0, 0.05) is 6.08 Å². The number of rotatable bonds is 5. The molecular formula is C21H30O3. The molecular weight excluding hydrogens is 300 g/mol. The maximum Gasteiger partial charge on any atom is 0.330 e. The van der Waals surface area contributed by atoms with Crippen molar-refractivity contribution in [3.8, 4) is 0 Å². The van der Waals surface area contributed by atoms with Crippen molar-refractivity contribution in [2.24, 2.45) is 5.41 Å². The van der Waals surface area contributed by atoms with E-state index in [1.807, 2.05) is 39.0 Å². The summed E-state index contributed by atoms with van der Waals surface area (Å²) in [6, 6.07) is 0. The van der Waals surface area contributed by atoms with Crippen LogP contribution < -0.4 is 0 Å². The second-order valence-electron chi connectivity index (χ2n) is 7.05. The molecule has 3 nitrogen and oxygen atoms in total. The van der Waals surface area contributed by atoms with Crippen molar-refractivity contribution in [1.82, 2.24) is 0 Å². The lowest BCUT2D eigenvalue weighted by Crippen LogP contribution is -2.27. The Labute approximate surface area is 146 Å². The Morgan fingerprint density at radius 3 is 2.54 bits per heavy atom. The van der Waals surface area contributed by atoms with Crippen LogP contribution in [-0.4, -0.2) is 24.3 Å². The zero-order valence-electron chi connectivity index (χ0n) is 15.7. The lowest BCUT2D eigenvalue weighted by Gasteiger charge is -2.35. The van der Waals surface area contributed by atoms with Crippen LogP contribution in [0.4, 0.5) is 0 Å². The maximum atomic E-state index is 11.1. The molecule has 132 valence electrons. The Hall–Kier alpha value is -1.87. The molecule has 0 saturated heterocycles. The van der Waals surface area contributed by atoms with E-state index in [-0.39, 0.29) is 17.5 Å². The summed E-state index contributed by atoms with van der Waals surface area (Å²) in [6.07, 6.45) is 12.9. The molecule has 0 aliphatic heterocycles. The van der Waals surface area contributed by atoms with Crippen LogP contribution in [0, 0.1) is 5.41 Å². The van der Waals surface area contributed by atoms with E-state index in [0.29, 0.717) is 0 Å². The molecule has 0 radical (unpaired) electrons. The first kappa shape index (κ1) is 20.2. The van der Waals surface area contributed by atoms with Crippen LogP contribution in [0.15, 0.2) is 58.7 Å². The Morgan fingerprint density at radius 2 is 1.92 bits per heavy atom. The fraction of sp³-hybridized carbons (Fsp3) is 0.476. The molecule has 0 amide bonds. The van der Waals surface area contributed by atoms with Crippen LogP contribution >= 0.6 is 0 Å². The van der Waals surface area contributed by atoms with E-state index in [1.165, 1.54) is 18.8 Å². The van der Waals surface area contributed by atoms with Crippen molar-refractivity contribution < 1.29 is 14.6 Å². The van der Waals surface area contributed by atoms with E-state index in [4.69, 9.17) is 0 Å². The van der Waals surface area contributed by atoms with Crippen LogP contribution in [-0.2, 0) is 9.53 Å². The molecule has 0 spiro atoms. The molecule has 0 bridgehead atoms. The number of carbonyl (C=O) groups is 1. The molecule has 0 aromatic heterocycles. The van der Waals surface area contributed by atoms with Crippen LogP contribution in [0.5, 0.6) is 0 Å². The summed E-state index contributed by atoms with van der Waals surface area (Å²) in [5, 5.41) is 10.1. The number of hydrogen-bond acceptors (Lipinski definition) is 3. The molecule has 24 heavy (non-hydrogen) atoms. The zero-order chi connectivity index (χ0) is 18.3. The van der Waals surface area contributed by atoms with Gasteiger partial charge < -0.3 is 9.84 Å². The Morgan fingerprint density at radius 1 is 1.25 bits per heavy atom. The fourth-order valence-corrected chi connectivity index (χ4v) is 2.83. The lowest BCUT2D eigenvalue weighted by molar-refractivity contribution is -0.134. The molecule has 1 N–H and O–H groups in total. The number of hydrogen-bond donors (Lipinski definition) is 1. The zero-order valence-corrected chi connectivity index (χ0v) is 15.7. The summed E-state index contributed by atoms with van der Waals surface area (Å²) in [5.41, 5.74) is 4.33. The van der Waals surface area contributed by atoms with Gasteiger partial charge in [-0.3, -0.25) is 0 Å². The topological polar surface area (TPSA) is 46.5 Å². The molecule has 1 atom stereocenters.